The third kappa shape index (κ3) is 2.29. The highest BCUT2D eigenvalue weighted by atomic mass is 16.4. The van der Waals surface area contributed by atoms with E-state index in [1.54, 1.807) is 19.1 Å². The number of aryl methyl sites for hydroxylation is 1. The van der Waals surface area contributed by atoms with Gasteiger partial charge < -0.3 is 15.4 Å². The van der Waals surface area contributed by atoms with Gasteiger partial charge in [-0.1, -0.05) is 6.07 Å². The summed E-state index contributed by atoms with van der Waals surface area (Å²) in [5, 5.41) is 9.14. The molecule has 1 aromatic heterocycles. The third-order valence-electron chi connectivity index (χ3n) is 3.06. The quantitative estimate of drug-likeness (QED) is 0.870. The highest BCUT2D eigenvalue weighted by Crippen LogP contribution is 2.25. The maximum atomic E-state index is 11.2. The van der Waals surface area contributed by atoms with E-state index in [-0.39, 0.29) is 18.0 Å². The number of hydrogen-bond acceptors (Lipinski definition) is 3. The first kappa shape index (κ1) is 13.1. The fourth-order valence-corrected chi connectivity index (χ4v) is 2.34. The number of carboxylic acids is 1. The van der Waals surface area contributed by atoms with Crippen LogP contribution in [0, 0.1) is 6.92 Å². The number of primary amides is 1. The molecular formula is C13H15N3O3. The van der Waals surface area contributed by atoms with Gasteiger partial charge in [-0.2, -0.15) is 0 Å². The van der Waals surface area contributed by atoms with Gasteiger partial charge in [-0.05, 0) is 26.0 Å². The largest absolute Gasteiger partial charge is 0.478 e. The Morgan fingerprint density at radius 3 is 2.74 bits per heavy atom. The van der Waals surface area contributed by atoms with Gasteiger partial charge in [0.05, 0.1) is 11.1 Å². The van der Waals surface area contributed by atoms with Crippen LogP contribution in [0.3, 0.4) is 0 Å². The van der Waals surface area contributed by atoms with E-state index in [9.17, 15) is 9.59 Å². The van der Waals surface area contributed by atoms with Crippen molar-refractivity contribution in [3.05, 3.63) is 29.6 Å². The number of carboxylic acid groups (broad SMARTS) is 1. The molecule has 0 aliphatic rings. The molecule has 0 fully saturated rings. The Bertz CT molecular complexity index is 660. The van der Waals surface area contributed by atoms with Crippen LogP contribution in [0.25, 0.3) is 11.0 Å². The Balaban J connectivity index is 2.63. The minimum Gasteiger partial charge on any atom is -0.478 e. The molecular weight excluding hydrogens is 246 g/mol. The number of nitrogens with zero attached hydrogens (tertiary/aromatic N) is 2. The van der Waals surface area contributed by atoms with E-state index < -0.39 is 11.9 Å². The van der Waals surface area contributed by atoms with Crippen LogP contribution in [0.2, 0.25) is 0 Å². The molecule has 3 N–H and O–H groups in total. The maximum Gasteiger partial charge on any atom is 0.337 e. The molecule has 1 aromatic carbocycles. The summed E-state index contributed by atoms with van der Waals surface area (Å²) in [5.41, 5.74) is 6.50. The first-order valence-electron chi connectivity index (χ1n) is 5.91. The van der Waals surface area contributed by atoms with Gasteiger partial charge in [0.25, 0.3) is 0 Å². The van der Waals surface area contributed by atoms with Crippen molar-refractivity contribution in [3.63, 3.8) is 0 Å². The molecule has 19 heavy (non-hydrogen) atoms. The Morgan fingerprint density at radius 1 is 1.47 bits per heavy atom. The molecule has 2 rings (SSSR count). The number of aromatic carboxylic acids is 1. The normalized spacial score (nSPS) is 12.5. The van der Waals surface area contributed by atoms with Gasteiger partial charge in [-0.25, -0.2) is 9.78 Å². The molecule has 1 heterocycles. The Hall–Kier alpha value is -2.37. The summed E-state index contributed by atoms with van der Waals surface area (Å²) >= 11 is 0. The highest BCUT2D eigenvalue weighted by Gasteiger charge is 2.18. The van der Waals surface area contributed by atoms with Crippen LogP contribution in [0.1, 0.15) is 35.6 Å². The zero-order valence-electron chi connectivity index (χ0n) is 10.8. The van der Waals surface area contributed by atoms with E-state index >= 15 is 0 Å². The number of carbonyl (C=O) groups is 2. The van der Waals surface area contributed by atoms with Gasteiger partial charge in [-0.15, -0.1) is 0 Å². The number of benzene rings is 1. The lowest BCUT2D eigenvalue weighted by molar-refractivity contribution is -0.118. The second-order valence-corrected chi connectivity index (χ2v) is 4.53. The van der Waals surface area contributed by atoms with Crippen molar-refractivity contribution in [1.29, 1.82) is 0 Å². The standard InChI is InChI=1S/C13H15N3O3/c1-7(6-11(14)17)16-8(2)15-12-9(13(18)19)4-3-5-10(12)16/h3-5,7H,6H2,1-2H3,(H2,14,17)(H,18,19). The summed E-state index contributed by atoms with van der Waals surface area (Å²) in [4.78, 5) is 26.5. The monoisotopic (exact) mass is 261 g/mol. The first-order valence-corrected chi connectivity index (χ1v) is 5.91. The molecule has 0 spiro atoms. The van der Waals surface area contributed by atoms with Crippen molar-refractivity contribution < 1.29 is 14.7 Å². The minimum atomic E-state index is -1.02. The van der Waals surface area contributed by atoms with Gasteiger partial charge in [-0.3, -0.25) is 4.79 Å². The summed E-state index contributed by atoms with van der Waals surface area (Å²) in [5.74, 6) is -0.751. The predicted molar refractivity (Wildman–Crippen MR) is 70.0 cm³/mol. The highest BCUT2D eigenvalue weighted by molar-refractivity contribution is 6.01. The van der Waals surface area contributed by atoms with E-state index in [0.717, 1.165) is 0 Å². The van der Waals surface area contributed by atoms with Gasteiger partial charge in [0, 0.05) is 12.5 Å². The van der Waals surface area contributed by atoms with Crippen LogP contribution in [-0.4, -0.2) is 26.5 Å². The Labute approximate surface area is 109 Å². The molecule has 0 saturated carbocycles. The van der Waals surface area contributed by atoms with Gasteiger partial charge in [0.15, 0.2) is 0 Å². The molecule has 1 unspecified atom stereocenters. The number of para-hydroxylation sites is 1. The van der Waals surface area contributed by atoms with Crippen molar-refractivity contribution in [2.24, 2.45) is 5.73 Å². The van der Waals surface area contributed by atoms with Crippen LogP contribution in [-0.2, 0) is 4.79 Å². The molecule has 0 radical (unpaired) electrons. The SMILES string of the molecule is Cc1nc2c(C(=O)O)cccc2n1C(C)CC(N)=O. The van der Waals surface area contributed by atoms with E-state index in [1.165, 1.54) is 6.07 Å². The molecule has 6 heteroatoms. The van der Waals surface area contributed by atoms with Crippen LogP contribution < -0.4 is 5.73 Å². The van der Waals surface area contributed by atoms with Crippen LogP contribution in [0.15, 0.2) is 18.2 Å². The average Bonchev–Trinajstić information content (AvgIpc) is 2.63. The predicted octanol–water partition coefficient (Wildman–Crippen LogP) is 1.48. The number of carbonyl (C=O) groups excluding carboxylic acids is 1. The van der Waals surface area contributed by atoms with Gasteiger partial charge in [0.1, 0.15) is 11.3 Å². The zero-order valence-corrected chi connectivity index (χ0v) is 10.8. The molecule has 0 aliphatic heterocycles. The van der Waals surface area contributed by atoms with E-state index in [2.05, 4.69) is 4.98 Å². The Kier molecular flexibility index (Phi) is 3.25. The molecule has 6 nitrogen and oxygen atoms in total. The van der Waals surface area contributed by atoms with Crippen molar-refractivity contribution in [2.75, 3.05) is 0 Å². The molecule has 100 valence electrons. The van der Waals surface area contributed by atoms with Crippen molar-refractivity contribution >= 4 is 22.9 Å². The second kappa shape index (κ2) is 4.72. The van der Waals surface area contributed by atoms with E-state index in [0.29, 0.717) is 16.9 Å². The number of amides is 1. The zero-order chi connectivity index (χ0) is 14.2. The van der Waals surface area contributed by atoms with E-state index in [4.69, 9.17) is 10.8 Å². The topological polar surface area (TPSA) is 98.2 Å². The summed E-state index contributed by atoms with van der Waals surface area (Å²) in [7, 11) is 0. The molecule has 0 bridgehead atoms. The van der Waals surface area contributed by atoms with Crippen molar-refractivity contribution in [3.8, 4) is 0 Å². The summed E-state index contributed by atoms with van der Waals surface area (Å²) in [6.45, 7) is 3.63. The van der Waals surface area contributed by atoms with Crippen molar-refractivity contribution in [2.45, 2.75) is 26.3 Å². The van der Waals surface area contributed by atoms with Gasteiger partial charge >= 0.3 is 5.97 Å². The number of nitrogens with two attached hydrogens (primary N) is 1. The van der Waals surface area contributed by atoms with Crippen LogP contribution >= 0.6 is 0 Å². The maximum absolute atomic E-state index is 11.2. The third-order valence-corrected chi connectivity index (χ3v) is 3.06. The van der Waals surface area contributed by atoms with Gasteiger partial charge in [0.2, 0.25) is 5.91 Å². The number of rotatable bonds is 4. The lowest BCUT2D eigenvalue weighted by Gasteiger charge is -2.14. The molecule has 1 amide bonds. The fraction of sp³-hybridized carbons (Fsp3) is 0.308. The molecule has 0 saturated heterocycles. The fourth-order valence-electron chi connectivity index (χ4n) is 2.34. The lowest BCUT2D eigenvalue weighted by Crippen LogP contribution is -2.18. The van der Waals surface area contributed by atoms with Crippen LogP contribution in [0.5, 0.6) is 0 Å². The number of aromatic nitrogens is 2. The second-order valence-electron chi connectivity index (χ2n) is 4.53. The number of fused-ring (bicyclic) bond motifs is 1. The van der Waals surface area contributed by atoms with Crippen LogP contribution in [0.4, 0.5) is 0 Å². The molecule has 1 atom stereocenters. The average molecular weight is 261 g/mol. The molecule has 2 aromatic rings. The first-order chi connectivity index (χ1) is 8.91. The lowest BCUT2D eigenvalue weighted by atomic mass is 10.1. The minimum absolute atomic E-state index is 0.158. The summed E-state index contributed by atoms with van der Waals surface area (Å²) in [6, 6.07) is 4.81. The van der Waals surface area contributed by atoms with Crippen molar-refractivity contribution in [1.82, 2.24) is 9.55 Å². The Morgan fingerprint density at radius 2 is 2.16 bits per heavy atom. The van der Waals surface area contributed by atoms with E-state index in [1.807, 2.05) is 11.5 Å². The summed E-state index contributed by atoms with van der Waals surface area (Å²) in [6.07, 6.45) is 0.184. The number of imidazole rings is 1. The summed E-state index contributed by atoms with van der Waals surface area (Å²) < 4.78 is 1.84. The smallest absolute Gasteiger partial charge is 0.337 e. The molecule has 0 aliphatic carbocycles. The number of hydrogen-bond donors (Lipinski definition) is 2.